The largest absolute Gasteiger partial charge is 0.338 e. The molecule has 4 rings (SSSR count). The lowest BCUT2D eigenvalue weighted by atomic mass is 10.0. The van der Waals surface area contributed by atoms with Crippen LogP contribution in [0.2, 0.25) is 0 Å². The van der Waals surface area contributed by atoms with Crippen LogP contribution in [0.3, 0.4) is 0 Å². The minimum atomic E-state index is 0.347. The molecule has 1 amide bonds. The van der Waals surface area contributed by atoms with E-state index in [1.807, 2.05) is 0 Å². The number of fused-ring (bicyclic) bond motifs is 1. The van der Waals surface area contributed by atoms with E-state index in [1.54, 1.807) is 0 Å². The van der Waals surface area contributed by atoms with Gasteiger partial charge in [-0.05, 0) is 44.4 Å². The number of nitrogens with zero attached hydrogens (tertiary/aromatic N) is 4. The molecule has 122 valence electrons. The Balaban J connectivity index is 1.45. The van der Waals surface area contributed by atoms with E-state index in [0.29, 0.717) is 11.9 Å². The van der Waals surface area contributed by atoms with Crippen molar-refractivity contribution in [2.75, 3.05) is 19.6 Å². The van der Waals surface area contributed by atoms with Gasteiger partial charge >= 0.3 is 0 Å². The molecule has 2 aliphatic heterocycles. The van der Waals surface area contributed by atoms with Crippen LogP contribution in [-0.4, -0.2) is 50.8 Å². The number of carbonyl (C=O) groups excluding carboxylic acids is 1. The lowest BCUT2D eigenvalue weighted by Crippen LogP contribution is -2.48. The Hall–Kier alpha value is -1.88. The summed E-state index contributed by atoms with van der Waals surface area (Å²) in [4.78, 5) is 21.3. The third-order valence-corrected chi connectivity index (χ3v) is 5.07. The zero-order valence-electron chi connectivity index (χ0n) is 13.7. The highest BCUT2D eigenvalue weighted by Gasteiger charge is 2.31. The number of hydrogen-bond donors (Lipinski definition) is 0. The maximum absolute atomic E-state index is 12.0. The summed E-state index contributed by atoms with van der Waals surface area (Å²) in [5.41, 5.74) is 3.37. The molecule has 2 aromatic heterocycles. The van der Waals surface area contributed by atoms with Gasteiger partial charge in [0.25, 0.3) is 0 Å². The molecular formula is C18H24N4O. The predicted octanol–water partition coefficient (Wildman–Crippen LogP) is 2.23. The first kappa shape index (κ1) is 14.7. The molecule has 0 radical (unpaired) electrons. The van der Waals surface area contributed by atoms with Crippen molar-refractivity contribution in [2.45, 2.75) is 45.2 Å². The molecule has 0 bridgehead atoms. The van der Waals surface area contributed by atoms with Gasteiger partial charge in [-0.2, -0.15) is 0 Å². The van der Waals surface area contributed by atoms with Gasteiger partial charge in [0.2, 0.25) is 5.91 Å². The van der Waals surface area contributed by atoms with E-state index in [-0.39, 0.29) is 0 Å². The van der Waals surface area contributed by atoms with Crippen molar-refractivity contribution in [1.82, 2.24) is 19.2 Å². The number of aromatic nitrogens is 2. The molecule has 4 heterocycles. The van der Waals surface area contributed by atoms with Gasteiger partial charge in [0.15, 0.2) is 0 Å². The fourth-order valence-electron chi connectivity index (χ4n) is 3.95. The van der Waals surface area contributed by atoms with Crippen LogP contribution in [-0.2, 0) is 11.3 Å². The van der Waals surface area contributed by atoms with E-state index in [2.05, 4.69) is 45.7 Å². The first-order chi connectivity index (χ1) is 11.2. The Morgan fingerprint density at radius 2 is 2.13 bits per heavy atom. The molecule has 5 nitrogen and oxygen atoms in total. The van der Waals surface area contributed by atoms with E-state index in [0.717, 1.165) is 56.8 Å². The van der Waals surface area contributed by atoms with Crippen LogP contribution >= 0.6 is 0 Å². The summed E-state index contributed by atoms with van der Waals surface area (Å²) >= 11 is 0. The van der Waals surface area contributed by atoms with Crippen molar-refractivity contribution in [3.05, 3.63) is 35.8 Å². The number of imidazole rings is 1. The molecule has 2 aromatic rings. The molecule has 2 saturated heterocycles. The van der Waals surface area contributed by atoms with Crippen LogP contribution in [0.15, 0.2) is 24.5 Å². The van der Waals surface area contributed by atoms with Gasteiger partial charge in [-0.15, -0.1) is 0 Å². The number of pyridine rings is 1. The van der Waals surface area contributed by atoms with Crippen molar-refractivity contribution in [1.29, 1.82) is 0 Å². The minimum Gasteiger partial charge on any atom is -0.338 e. The number of likely N-dealkylation sites (tertiary alicyclic amines) is 2. The normalized spacial score (nSPS) is 23.1. The molecule has 2 aliphatic rings. The first-order valence-electron chi connectivity index (χ1n) is 8.65. The molecule has 0 N–H and O–H groups in total. The Bertz CT molecular complexity index is 723. The van der Waals surface area contributed by atoms with Gasteiger partial charge in [0, 0.05) is 44.5 Å². The number of rotatable bonds is 3. The summed E-state index contributed by atoms with van der Waals surface area (Å²) in [6, 6.07) is 4.57. The smallest absolute Gasteiger partial charge is 0.222 e. The van der Waals surface area contributed by atoms with Gasteiger partial charge in [-0.1, -0.05) is 6.07 Å². The summed E-state index contributed by atoms with van der Waals surface area (Å²) < 4.78 is 2.11. The highest BCUT2D eigenvalue weighted by molar-refractivity contribution is 5.78. The second-order valence-electron chi connectivity index (χ2n) is 6.93. The number of carbonyl (C=O) groups is 1. The number of aryl methyl sites for hydroxylation is 1. The summed E-state index contributed by atoms with van der Waals surface area (Å²) in [5.74, 6) is 0.347. The number of piperidine rings is 1. The fraction of sp³-hybridized carbons (Fsp3) is 0.556. The molecule has 23 heavy (non-hydrogen) atoms. The number of amides is 1. The van der Waals surface area contributed by atoms with Crippen molar-refractivity contribution in [3.8, 4) is 0 Å². The van der Waals surface area contributed by atoms with Crippen LogP contribution in [0.4, 0.5) is 0 Å². The lowest BCUT2D eigenvalue weighted by Gasteiger charge is -2.37. The lowest BCUT2D eigenvalue weighted by molar-refractivity contribution is -0.130. The van der Waals surface area contributed by atoms with Gasteiger partial charge in [-0.3, -0.25) is 9.69 Å². The minimum absolute atomic E-state index is 0.347. The van der Waals surface area contributed by atoms with E-state index in [4.69, 9.17) is 4.98 Å². The maximum Gasteiger partial charge on any atom is 0.222 e. The predicted molar refractivity (Wildman–Crippen MR) is 89.2 cm³/mol. The van der Waals surface area contributed by atoms with Crippen molar-refractivity contribution in [2.24, 2.45) is 0 Å². The summed E-state index contributed by atoms with van der Waals surface area (Å²) in [6.45, 7) is 6.01. The second kappa shape index (κ2) is 5.96. The van der Waals surface area contributed by atoms with E-state index in [9.17, 15) is 4.79 Å². The number of hydrogen-bond acceptors (Lipinski definition) is 3. The molecule has 0 spiro atoms. The SMILES string of the molecule is Cc1ccc2nc(CN3CCC[C@@H](N4CCCC4=O)C3)cn2c1. The Morgan fingerprint density at radius 1 is 1.22 bits per heavy atom. The molecule has 0 saturated carbocycles. The summed E-state index contributed by atoms with van der Waals surface area (Å²) in [6.07, 6.45) is 8.33. The van der Waals surface area contributed by atoms with Gasteiger partial charge in [0.1, 0.15) is 5.65 Å². The Kier molecular flexibility index (Phi) is 3.81. The molecule has 5 heteroatoms. The first-order valence-corrected chi connectivity index (χ1v) is 8.65. The van der Waals surface area contributed by atoms with E-state index >= 15 is 0 Å². The van der Waals surface area contributed by atoms with Gasteiger partial charge < -0.3 is 9.30 Å². The van der Waals surface area contributed by atoms with Gasteiger partial charge in [0.05, 0.1) is 5.69 Å². The maximum atomic E-state index is 12.0. The third-order valence-electron chi connectivity index (χ3n) is 5.07. The summed E-state index contributed by atoms with van der Waals surface area (Å²) in [7, 11) is 0. The highest BCUT2D eigenvalue weighted by Crippen LogP contribution is 2.22. The van der Waals surface area contributed by atoms with Crippen molar-refractivity contribution >= 4 is 11.6 Å². The topological polar surface area (TPSA) is 40.9 Å². The van der Waals surface area contributed by atoms with Crippen LogP contribution in [0.1, 0.15) is 36.9 Å². The van der Waals surface area contributed by atoms with Crippen molar-refractivity contribution < 1.29 is 4.79 Å². The van der Waals surface area contributed by atoms with Crippen LogP contribution in [0, 0.1) is 6.92 Å². The van der Waals surface area contributed by atoms with Gasteiger partial charge in [-0.25, -0.2) is 4.98 Å². The zero-order chi connectivity index (χ0) is 15.8. The van der Waals surface area contributed by atoms with Crippen molar-refractivity contribution in [3.63, 3.8) is 0 Å². The summed E-state index contributed by atoms with van der Waals surface area (Å²) in [5, 5.41) is 0. The van der Waals surface area contributed by atoms with Crippen LogP contribution < -0.4 is 0 Å². The molecule has 0 aliphatic carbocycles. The molecule has 1 atom stereocenters. The Labute approximate surface area is 136 Å². The third kappa shape index (κ3) is 2.98. The quantitative estimate of drug-likeness (QED) is 0.873. The van der Waals surface area contributed by atoms with Crippen LogP contribution in [0.25, 0.3) is 5.65 Å². The second-order valence-corrected chi connectivity index (χ2v) is 6.93. The molecular weight excluding hydrogens is 288 g/mol. The van der Waals surface area contributed by atoms with E-state index < -0.39 is 0 Å². The monoisotopic (exact) mass is 312 g/mol. The van der Waals surface area contributed by atoms with Crippen LogP contribution in [0.5, 0.6) is 0 Å². The average molecular weight is 312 g/mol. The standard InChI is InChI=1S/C18H24N4O/c1-14-6-7-17-19-15(12-21(17)10-14)11-20-8-2-4-16(13-20)22-9-3-5-18(22)23/h6-7,10,12,16H,2-5,8-9,11,13H2,1H3/t16-/m1/s1. The molecule has 0 unspecified atom stereocenters. The zero-order valence-corrected chi connectivity index (χ0v) is 13.7. The fourth-order valence-corrected chi connectivity index (χ4v) is 3.95. The Morgan fingerprint density at radius 3 is 2.96 bits per heavy atom. The highest BCUT2D eigenvalue weighted by atomic mass is 16.2. The van der Waals surface area contributed by atoms with E-state index in [1.165, 1.54) is 12.0 Å². The molecule has 0 aromatic carbocycles. The average Bonchev–Trinajstić information content (AvgIpc) is 3.12. The molecule has 2 fully saturated rings.